The lowest BCUT2D eigenvalue weighted by atomic mass is 9.93. The summed E-state index contributed by atoms with van der Waals surface area (Å²) in [7, 11) is 0. The number of hydrogen-bond acceptors (Lipinski definition) is 12. The van der Waals surface area contributed by atoms with E-state index in [2.05, 4.69) is 5.32 Å². The van der Waals surface area contributed by atoms with Gasteiger partial charge >= 0.3 is 0 Å². The number of benzene rings is 1. The molecule has 2 aliphatic heterocycles. The second-order valence-electron chi connectivity index (χ2n) is 7.63. The number of nitrogens with one attached hydrogen (secondary N) is 1. The van der Waals surface area contributed by atoms with E-state index < -0.39 is 74.2 Å². The number of hydrogen-bond donors (Lipinski definition) is 9. The van der Waals surface area contributed by atoms with Crippen LogP contribution >= 0.6 is 12.4 Å². The first-order chi connectivity index (χ1) is 14.7. The molecule has 0 bridgehead atoms. The van der Waals surface area contributed by atoms with E-state index in [0.717, 1.165) is 5.56 Å². The number of rotatable bonds is 7. The molecule has 10 atom stereocenters. The average Bonchev–Trinajstić information content (AvgIpc) is 2.79. The Bertz CT molecular complexity index is 701. The first kappa shape index (κ1) is 27.3. The second-order valence-corrected chi connectivity index (χ2v) is 7.63. The Balaban J connectivity index is 0.00000363. The van der Waals surface area contributed by atoms with Crippen molar-refractivity contribution in [1.82, 2.24) is 5.32 Å². The topological polar surface area (TPSA) is 202 Å². The van der Waals surface area contributed by atoms with Gasteiger partial charge in [0.2, 0.25) is 0 Å². The molecule has 0 amide bonds. The van der Waals surface area contributed by atoms with Crippen molar-refractivity contribution < 1.29 is 55.1 Å². The molecule has 0 saturated carbocycles. The Hall–Kier alpha value is -0.970. The van der Waals surface area contributed by atoms with Crippen LogP contribution in [0.15, 0.2) is 30.3 Å². The van der Waals surface area contributed by atoms with Crippen molar-refractivity contribution in [3.8, 4) is 0 Å². The van der Waals surface area contributed by atoms with Gasteiger partial charge in [0.1, 0.15) is 42.7 Å². The van der Waals surface area contributed by atoms with Crippen LogP contribution in [-0.4, -0.2) is 115 Å². The number of ether oxygens (including phenoxy) is 3. The zero-order valence-electron chi connectivity index (χ0n) is 16.9. The van der Waals surface area contributed by atoms with Gasteiger partial charge in [-0.1, -0.05) is 30.3 Å². The Morgan fingerprint density at radius 3 is 2.16 bits per heavy atom. The standard InChI is InChI=1S/C19H29NO11.ClH/c21-7-10-15(11(23)13(25)17(28)29-10)30-18-14(26)12(24)16(27)19(8-22,31-18)20-6-9-4-2-1-3-5-9;/h1-5,10-18,20-28H,6-8H2;1H/t10-,11-,12-,13-,14-,15-,16-,17-,18+,19-;/m1./s1. The zero-order chi connectivity index (χ0) is 22.8. The highest BCUT2D eigenvalue weighted by molar-refractivity contribution is 5.85. The molecule has 2 aliphatic rings. The molecule has 32 heavy (non-hydrogen) atoms. The second kappa shape index (κ2) is 11.4. The van der Waals surface area contributed by atoms with Gasteiger partial charge in [-0.05, 0) is 5.56 Å². The minimum atomic E-state index is -1.95. The Kier molecular flexibility index (Phi) is 9.75. The maximum absolute atomic E-state index is 10.5. The number of aliphatic hydroxyl groups is 8. The SMILES string of the molecule is Cl.OC[C@H]1O[C@@H](O)[C@H](O)[C@@H](O)[C@@H]1O[C@H]1O[C@@](CO)(NCc2ccccc2)[C@H](O)[C@H](O)[C@H]1O. The van der Waals surface area contributed by atoms with Crippen molar-refractivity contribution in [1.29, 1.82) is 0 Å². The summed E-state index contributed by atoms with van der Waals surface area (Å²) in [5.74, 6) is 0. The molecule has 9 N–H and O–H groups in total. The highest BCUT2D eigenvalue weighted by Crippen LogP contribution is 2.32. The first-order valence-corrected chi connectivity index (χ1v) is 9.82. The van der Waals surface area contributed by atoms with Crippen LogP contribution in [0.2, 0.25) is 0 Å². The van der Waals surface area contributed by atoms with E-state index in [1.165, 1.54) is 0 Å². The molecule has 13 heteroatoms. The van der Waals surface area contributed by atoms with E-state index in [-0.39, 0.29) is 19.0 Å². The molecule has 0 unspecified atom stereocenters. The third-order valence-electron chi connectivity index (χ3n) is 5.56. The highest BCUT2D eigenvalue weighted by atomic mass is 35.5. The molecule has 184 valence electrons. The summed E-state index contributed by atoms with van der Waals surface area (Å²) < 4.78 is 16.1. The number of halogens is 1. The predicted molar refractivity (Wildman–Crippen MR) is 108 cm³/mol. The average molecular weight is 484 g/mol. The molecular weight excluding hydrogens is 454 g/mol. The van der Waals surface area contributed by atoms with Crippen LogP contribution in [-0.2, 0) is 20.8 Å². The quantitative estimate of drug-likeness (QED) is 0.183. The lowest BCUT2D eigenvalue weighted by molar-refractivity contribution is -0.380. The molecule has 12 nitrogen and oxygen atoms in total. The third kappa shape index (κ3) is 5.39. The lowest BCUT2D eigenvalue weighted by Gasteiger charge is -2.50. The van der Waals surface area contributed by atoms with Crippen LogP contribution in [0.3, 0.4) is 0 Å². The van der Waals surface area contributed by atoms with Crippen LogP contribution < -0.4 is 5.32 Å². The fourth-order valence-electron chi connectivity index (χ4n) is 3.65. The van der Waals surface area contributed by atoms with Gasteiger partial charge in [-0.15, -0.1) is 12.4 Å². The molecule has 0 aromatic heterocycles. The van der Waals surface area contributed by atoms with Gasteiger partial charge < -0.3 is 55.1 Å². The van der Waals surface area contributed by atoms with E-state index in [9.17, 15) is 40.9 Å². The van der Waals surface area contributed by atoms with Gasteiger partial charge in [0.25, 0.3) is 0 Å². The molecular formula is C19H30ClNO11. The molecule has 1 aromatic rings. The van der Waals surface area contributed by atoms with Crippen molar-refractivity contribution in [3.63, 3.8) is 0 Å². The Labute approximate surface area is 190 Å². The molecule has 2 saturated heterocycles. The fourth-order valence-corrected chi connectivity index (χ4v) is 3.65. The minimum absolute atomic E-state index is 0. The molecule has 0 radical (unpaired) electrons. The molecule has 0 spiro atoms. The van der Waals surface area contributed by atoms with Crippen molar-refractivity contribution in [2.75, 3.05) is 13.2 Å². The van der Waals surface area contributed by atoms with Crippen LogP contribution in [0.1, 0.15) is 5.56 Å². The van der Waals surface area contributed by atoms with Crippen LogP contribution in [0.4, 0.5) is 0 Å². The summed E-state index contributed by atoms with van der Waals surface area (Å²) in [6.45, 7) is -1.41. The minimum Gasteiger partial charge on any atom is -0.394 e. The maximum atomic E-state index is 10.5. The first-order valence-electron chi connectivity index (χ1n) is 9.82. The van der Waals surface area contributed by atoms with E-state index in [1.54, 1.807) is 24.3 Å². The van der Waals surface area contributed by atoms with Gasteiger partial charge in [0.15, 0.2) is 18.3 Å². The molecule has 3 rings (SSSR count). The summed E-state index contributed by atoms with van der Waals surface area (Å²) in [5, 5.41) is 83.1. The lowest BCUT2D eigenvalue weighted by Crippen LogP contribution is -2.72. The van der Waals surface area contributed by atoms with Crippen LogP contribution in [0.5, 0.6) is 0 Å². The number of aliphatic hydroxyl groups excluding tert-OH is 8. The molecule has 0 aliphatic carbocycles. The molecule has 2 fully saturated rings. The van der Waals surface area contributed by atoms with Crippen LogP contribution in [0, 0.1) is 0 Å². The Morgan fingerprint density at radius 2 is 1.56 bits per heavy atom. The van der Waals surface area contributed by atoms with E-state index >= 15 is 0 Å². The van der Waals surface area contributed by atoms with Crippen molar-refractivity contribution >= 4 is 12.4 Å². The van der Waals surface area contributed by atoms with Crippen molar-refractivity contribution in [2.45, 2.75) is 67.6 Å². The van der Waals surface area contributed by atoms with Gasteiger partial charge in [-0.3, -0.25) is 5.32 Å². The highest BCUT2D eigenvalue weighted by Gasteiger charge is 2.56. The molecule has 1 aromatic carbocycles. The van der Waals surface area contributed by atoms with Gasteiger partial charge in [0, 0.05) is 6.54 Å². The zero-order valence-corrected chi connectivity index (χ0v) is 17.7. The summed E-state index contributed by atoms with van der Waals surface area (Å²) >= 11 is 0. The monoisotopic (exact) mass is 483 g/mol. The summed E-state index contributed by atoms with van der Waals surface area (Å²) in [4.78, 5) is 0. The Morgan fingerprint density at radius 1 is 0.906 bits per heavy atom. The van der Waals surface area contributed by atoms with E-state index in [0.29, 0.717) is 0 Å². The largest absolute Gasteiger partial charge is 0.394 e. The third-order valence-corrected chi connectivity index (χ3v) is 5.56. The summed E-state index contributed by atoms with van der Waals surface area (Å²) in [5.41, 5.74) is -1.18. The summed E-state index contributed by atoms with van der Waals surface area (Å²) in [6, 6.07) is 8.93. The normalized spacial score (nSPS) is 42.3. The smallest absolute Gasteiger partial charge is 0.189 e. The van der Waals surface area contributed by atoms with E-state index in [1.807, 2.05) is 6.07 Å². The van der Waals surface area contributed by atoms with Crippen LogP contribution in [0.25, 0.3) is 0 Å². The van der Waals surface area contributed by atoms with Gasteiger partial charge in [0.05, 0.1) is 13.2 Å². The fraction of sp³-hybridized carbons (Fsp3) is 0.684. The summed E-state index contributed by atoms with van der Waals surface area (Å²) in [6.07, 6.45) is -15.2. The maximum Gasteiger partial charge on any atom is 0.189 e. The van der Waals surface area contributed by atoms with Gasteiger partial charge in [-0.2, -0.15) is 0 Å². The van der Waals surface area contributed by atoms with Crippen molar-refractivity contribution in [3.05, 3.63) is 35.9 Å². The van der Waals surface area contributed by atoms with Crippen molar-refractivity contribution in [2.24, 2.45) is 0 Å². The molecule has 2 heterocycles. The predicted octanol–water partition coefficient (Wildman–Crippen LogP) is -3.86. The van der Waals surface area contributed by atoms with Gasteiger partial charge in [-0.25, -0.2) is 0 Å². The van der Waals surface area contributed by atoms with E-state index in [4.69, 9.17) is 14.2 Å².